The lowest BCUT2D eigenvalue weighted by molar-refractivity contribution is -0.127. The molecule has 0 spiro atoms. The number of nitrogens with one attached hydrogen (secondary N) is 2. The minimum atomic E-state index is 0.189. The molecule has 21 heavy (non-hydrogen) atoms. The molecule has 114 valence electrons. The topological polar surface area (TPSA) is 44.4 Å². The van der Waals surface area contributed by atoms with Gasteiger partial charge in [-0.05, 0) is 31.4 Å². The highest BCUT2D eigenvalue weighted by Crippen LogP contribution is 2.22. The molecular formula is C17H25N3O. The van der Waals surface area contributed by atoms with E-state index in [-0.39, 0.29) is 17.9 Å². The Bertz CT molecular complexity index is 472. The van der Waals surface area contributed by atoms with E-state index in [0.717, 1.165) is 32.7 Å². The fourth-order valence-corrected chi connectivity index (χ4v) is 3.19. The molecule has 2 saturated heterocycles. The second-order valence-electron chi connectivity index (χ2n) is 6.42. The molecule has 3 rings (SSSR count). The van der Waals surface area contributed by atoms with E-state index >= 15 is 0 Å². The normalized spacial score (nSPS) is 24.5. The fraction of sp³-hybridized carbons (Fsp3) is 0.588. The summed E-state index contributed by atoms with van der Waals surface area (Å²) >= 11 is 0. The minimum absolute atomic E-state index is 0.189. The highest BCUT2D eigenvalue weighted by atomic mass is 16.2. The molecule has 0 radical (unpaired) electrons. The molecular weight excluding hydrogens is 262 g/mol. The molecule has 2 unspecified atom stereocenters. The average Bonchev–Trinajstić information content (AvgIpc) is 2.86. The van der Waals surface area contributed by atoms with Gasteiger partial charge in [-0.3, -0.25) is 9.69 Å². The van der Waals surface area contributed by atoms with Crippen LogP contribution in [-0.2, 0) is 11.3 Å². The lowest BCUT2D eigenvalue weighted by atomic mass is 9.97. The second-order valence-corrected chi connectivity index (χ2v) is 6.42. The summed E-state index contributed by atoms with van der Waals surface area (Å²) in [5.41, 5.74) is 1.37. The third kappa shape index (κ3) is 3.63. The maximum absolute atomic E-state index is 12.0. The van der Waals surface area contributed by atoms with Gasteiger partial charge in [0.1, 0.15) is 0 Å². The van der Waals surface area contributed by atoms with Crippen LogP contribution in [0.3, 0.4) is 0 Å². The van der Waals surface area contributed by atoms with Gasteiger partial charge >= 0.3 is 0 Å². The fourth-order valence-electron chi connectivity index (χ4n) is 3.19. The van der Waals surface area contributed by atoms with Gasteiger partial charge in [0.2, 0.25) is 5.91 Å². The summed E-state index contributed by atoms with van der Waals surface area (Å²) in [6.07, 6.45) is 1.18. The Labute approximate surface area is 126 Å². The van der Waals surface area contributed by atoms with Crippen LogP contribution in [0.1, 0.15) is 18.9 Å². The van der Waals surface area contributed by atoms with Crippen LogP contribution in [0.5, 0.6) is 0 Å². The van der Waals surface area contributed by atoms with Crippen molar-refractivity contribution < 1.29 is 4.79 Å². The van der Waals surface area contributed by atoms with E-state index < -0.39 is 0 Å². The third-order valence-electron chi connectivity index (χ3n) is 4.79. The molecule has 1 amide bonds. The average molecular weight is 287 g/mol. The van der Waals surface area contributed by atoms with Gasteiger partial charge < -0.3 is 10.6 Å². The van der Waals surface area contributed by atoms with Crippen LogP contribution in [0.2, 0.25) is 0 Å². The Morgan fingerprint density at radius 1 is 1.38 bits per heavy atom. The molecule has 2 atom stereocenters. The van der Waals surface area contributed by atoms with Crippen molar-refractivity contribution in [3.05, 3.63) is 35.9 Å². The standard InChI is InChI=1S/C17H25N3O/c1-13(19-17(21)16-9-18-10-16)15-7-8-20(12-15)11-14-5-3-2-4-6-14/h2-6,13,15-16,18H,7-12H2,1H3,(H,19,21). The SMILES string of the molecule is CC(NC(=O)C1CNC1)C1CCN(Cc2ccccc2)C1. The summed E-state index contributed by atoms with van der Waals surface area (Å²) in [5.74, 6) is 0.989. The van der Waals surface area contributed by atoms with E-state index in [1.54, 1.807) is 0 Å². The van der Waals surface area contributed by atoms with Crippen LogP contribution in [0.4, 0.5) is 0 Å². The number of benzene rings is 1. The number of likely N-dealkylation sites (tertiary alicyclic amines) is 1. The molecule has 1 aromatic carbocycles. The van der Waals surface area contributed by atoms with Gasteiger partial charge in [0.05, 0.1) is 5.92 Å². The predicted octanol–water partition coefficient (Wildman–Crippen LogP) is 1.23. The first kappa shape index (κ1) is 14.5. The molecule has 0 aliphatic carbocycles. The molecule has 2 aliphatic rings. The van der Waals surface area contributed by atoms with Gasteiger partial charge in [0.15, 0.2) is 0 Å². The van der Waals surface area contributed by atoms with Crippen molar-refractivity contribution in [3.63, 3.8) is 0 Å². The Hall–Kier alpha value is -1.39. The molecule has 4 heteroatoms. The first-order valence-corrected chi connectivity index (χ1v) is 8.00. The van der Waals surface area contributed by atoms with Crippen molar-refractivity contribution in [3.8, 4) is 0 Å². The van der Waals surface area contributed by atoms with Crippen molar-refractivity contribution in [2.45, 2.75) is 25.9 Å². The highest BCUT2D eigenvalue weighted by Gasteiger charge is 2.31. The zero-order valence-corrected chi connectivity index (χ0v) is 12.7. The van der Waals surface area contributed by atoms with Crippen molar-refractivity contribution in [1.82, 2.24) is 15.5 Å². The van der Waals surface area contributed by atoms with E-state index in [0.29, 0.717) is 5.92 Å². The summed E-state index contributed by atoms with van der Waals surface area (Å²) < 4.78 is 0. The number of hydrogen-bond donors (Lipinski definition) is 2. The number of amides is 1. The molecule has 2 aliphatic heterocycles. The molecule has 2 N–H and O–H groups in total. The second kappa shape index (κ2) is 6.58. The summed E-state index contributed by atoms with van der Waals surface area (Å²) in [4.78, 5) is 14.5. The van der Waals surface area contributed by atoms with Crippen LogP contribution < -0.4 is 10.6 Å². The maximum Gasteiger partial charge on any atom is 0.225 e. The first-order valence-electron chi connectivity index (χ1n) is 8.00. The molecule has 2 heterocycles. The van der Waals surface area contributed by atoms with Crippen LogP contribution in [0, 0.1) is 11.8 Å². The van der Waals surface area contributed by atoms with Crippen LogP contribution in [0.15, 0.2) is 30.3 Å². The van der Waals surface area contributed by atoms with Gasteiger partial charge in [0.25, 0.3) is 0 Å². The van der Waals surface area contributed by atoms with E-state index in [2.05, 4.69) is 52.8 Å². The van der Waals surface area contributed by atoms with Crippen molar-refractivity contribution >= 4 is 5.91 Å². The lowest BCUT2D eigenvalue weighted by Gasteiger charge is -2.29. The number of carbonyl (C=O) groups excluding carboxylic acids is 1. The zero-order valence-electron chi connectivity index (χ0n) is 12.7. The Kier molecular flexibility index (Phi) is 4.56. The van der Waals surface area contributed by atoms with E-state index in [1.165, 1.54) is 12.0 Å². The van der Waals surface area contributed by atoms with E-state index in [1.807, 2.05) is 0 Å². The number of nitrogens with zero attached hydrogens (tertiary/aromatic N) is 1. The summed E-state index contributed by atoms with van der Waals surface area (Å²) in [5, 5.41) is 6.35. The Morgan fingerprint density at radius 2 is 2.14 bits per heavy atom. The number of rotatable bonds is 5. The monoisotopic (exact) mass is 287 g/mol. The molecule has 4 nitrogen and oxygen atoms in total. The smallest absolute Gasteiger partial charge is 0.225 e. The minimum Gasteiger partial charge on any atom is -0.353 e. The Morgan fingerprint density at radius 3 is 2.81 bits per heavy atom. The van der Waals surface area contributed by atoms with Crippen molar-refractivity contribution in [2.75, 3.05) is 26.2 Å². The molecule has 1 aromatic rings. The van der Waals surface area contributed by atoms with E-state index in [4.69, 9.17) is 0 Å². The van der Waals surface area contributed by atoms with Crippen LogP contribution in [-0.4, -0.2) is 43.0 Å². The van der Waals surface area contributed by atoms with Gasteiger partial charge in [-0.25, -0.2) is 0 Å². The molecule has 2 fully saturated rings. The van der Waals surface area contributed by atoms with E-state index in [9.17, 15) is 4.79 Å². The largest absolute Gasteiger partial charge is 0.353 e. The zero-order chi connectivity index (χ0) is 14.7. The number of hydrogen-bond acceptors (Lipinski definition) is 3. The van der Waals surface area contributed by atoms with Crippen LogP contribution in [0.25, 0.3) is 0 Å². The maximum atomic E-state index is 12.0. The highest BCUT2D eigenvalue weighted by molar-refractivity contribution is 5.80. The van der Waals surface area contributed by atoms with Gasteiger partial charge in [-0.1, -0.05) is 30.3 Å². The summed E-state index contributed by atoms with van der Waals surface area (Å²) in [7, 11) is 0. The van der Waals surface area contributed by atoms with Gasteiger partial charge in [0, 0.05) is 32.2 Å². The molecule has 0 saturated carbocycles. The van der Waals surface area contributed by atoms with Crippen molar-refractivity contribution in [2.24, 2.45) is 11.8 Å². The molecule has 0 bridgehead atoms. The van der Waals surface area contributed by atoms with Gasteiger partial charge in [-0.15, -0.1) is 0 Å². The Balaban J connectivity index is 1.46. The summed E-state index contributed by atoms with van der Waals surface area (Å²) in [6.45, 7) is 7.06. The number of carbonyl (C=O) groups is 1. The quantitative estimate of drug-likeness (QED) is 0.856. The van der Waals surface area contributed by atoms with Gasteiger partial charge in [-0.2, -0.15) is 0 Å². The van der Waals surface area contributed by atoms with Crippen molar-refractivity contribution in [1.29, 1.82) is 0 Å². The predicted molar refractivity (Wildman–Crippen MR) is 83.8 cm³/mol. The summed E-state index contributed by atoms with van der Waals surface area (Å²) in [6, 6.07) is 10.9. The van der Waals surface area contributed by atoms with Crippen LogP contribution >= 0.6 is 0 Å². The first-order chi connectivity index (χ1) is 10.2. The molecule has 0 aromatic heterocycles. The third-order valence-corrected chi connectivity index (χ3v) is 4.79. The lowest BCUT2D eigenvalue weighted by Crippen LogP contribution is -2.53.